The average Bonchev–Trinajstić information content (AvgIpc) is 2.62. The van der Waals surface area contributed by atoms with Crippen LogP contribution >= 0.6 is 0 Å². The van der Waals surface area contributed by atoms with Gasteiger partial charge in [0.2, 0.25) is 5.54 Å². The van der Waals surface area contributed by atoms with Gasteiger partial charge in [0, 0.05) is 29.9 Å². The lowest BCUT2D eigenvalue weighted by atomic mass is 9.85. The summed E-state index contributed by atoms with van der Waals surface area (Å²) in [5.74, 6) is 4.91. The van der Waals surface area contributed by atoms with Crippen LogP contribution in [0.4, 0.5) is 23.7 Å². The maximum absolute atomic E-state index is 14.1. The molecule has 2 aromatic rings. The van der Waals surface area contributed by atoms with E-state index in [-0.39, 0.29) is 35.7 Å². The Balaban J connectivity index is 2.07. The van der Waals surface area contributed by atoms with E-state index in [1.165, 1.54) is 41.4 Å². The lowest BCUT2D eigenvalue weighted by Crippen LogP contribution is -2.59. The molecule has 1 aromatic carbocycles. The van der Waals surface area contributed by atoms with Gasteiger partial charge >= 0.3 is 12.2 Å². The summed E-state index contributed by atoms with van der Waals surface area (Å²) in [5, 5.41) is 4.37. The molecule has 2 N–H and O–H groups in total. The van der Waals surface area contributed by atoms with Gasteiger partial charge in [0.1, 0.15) is 0 Å². The summed E-state index contributed by atoms with van der Waals surface area (Å²) in [6.07, 6.45) is -1.88. The lowest BCUT2D eigenvalue weighted by Gasteiger charge is -2.37. The Bertz CT molecular complexity index is 1050. The highest BCUT2D eigenvalue weighted by molar-refractivity contribution is 5.95. The van der Waals surface area contributed by atoms with Crippen LogP contribution in [0.5, 0.6) is 0 Å². The van der Waals surface area contributed by atoms with Crippen LogP contribution in [0.15, 0.2) is 41.6 Å². The Morgan fingerprint density at radius 1 is 1.24 bits per heavy atom. The minimum absolute atomic E-state index is 0.000591. The number of urea groups is 1. The van der Waals surface area contributed by atoms with Crippen LogP contribution in [-0.4, -0.2) is 21.8 Å². The van der Waals surface area contributed by atoms with Gasteiger partial charge < -0.3 is 10.6 Å². The zero-order chi connectivity index (χ0) is 21.2. The number of nitrogens with zero attached hydrogens (tertiary/aromatic N) is 2. The molecule has 0 saturated heterocycles. The van der Waals surface area contributed by atoms with Crippen LogP contribution in [0.2, 0.25) is 0 Å². The summed E-state index contributed by atoms with van der Waals surface area (Å²) in [4.78, 5) is 27.8. The summed E-state index contributed by atoms with van der Waals surface area (Å²) in [6, 6.07) is 4.45. The number of amides is 2. The third-order valence-electron chi connectivity index (χ3n) is 4.39. The molecule has 9 heteroatoms. The first-order chi connectivity index (χ1) is 13.6. The second-order valence-electron chi connectivity index (χ2n) is 7.15. The van der Waals surface area contributed by atoms with Gasteiger partial charge in [-0.05, 0) is 17.5 Å². The van der Waals surface area contributed by atoms with E-state index >= 15 is 0 Å². The molecule has 2 amide bonds. The number of carbonyl (C=O) groups excluding carboxylic acids is 1. The topological polar surface area (TPSA) is 76.0 Å². The van der Waals surface area contributed by atoms with Crippen molar-refractivity contribution in [2.45, 2.75) is 38.5 Å². The second-order valence-corrected chi connectivity index (χ2v) is 7.15. The lowest BCUT2D eigenvalue weighted by molar-refractivity contribution is -0.178. The highest BCUT2D eigenvalue weighted by atomic mass is 19.4. The Hall–Kier alpha value is -3.28. The van der Waals surface area contributed by atoms with Gasteiger partial charge in [0.15, 0.2) is 0 Å². The third-order valence-corrected chi connectivity index (χ3v) is 4.39. The van der Waals surface area contributed by atoms with Gasteiger partial charge in [0.25, 0.3) is 5.56 Å². The first-order valence-corrected chi connectivity index (χ1v) is 8.92. The minimum atomic E-state index is -4.83. The van der Waals surface area contributed by atoms with Crippen molar-refractivity contribution in [3.8, 4) is 11.8 Å². The smallest absolute Gasteiger partial charge is 0.310 e. The van der Waals surface area contributed by atoms with E-state index < -0.39 is 17.7 Å². The molecule has 0 saturated carbocycles. The van der Waals surface area contributed by atoms with Gasteiger partial charge in [0.05, 0.1) is 12.9 Å². The Morgan fingerprint density at radius 2 is 2.00 bits per heavy atom. The number of fused-ring (bicyclic) bond motifs is 1. The molecule has 0 spiro atoms. The number of hydrogen-bond acceptors (Lipinski definition) is 3. The summed E-state index contributed by atoms with van der Waals surface area (Å²) in [5.41, 5.74) is -2.76. The third kappa shape index (κ3) is 4.11. The minimum Gasteiger partial charge on any atom is -0.310 e. The summed E-state index contributed by atoms with van der Waals surface area (Å²) >= 11 is 0. The van der Waals surface area contributed by atoms with Crippen LogP contribution in [0, 0.1) is 17.8 Å². The molecule has 1 atom stereocenters. The zero-order valence-corrected chi connectivity index (χ0v) is 15.8. The van der Waals surface area contributed by atoms with Crippen LogP contribution in [0.25, 0.3) is 0 Å². The van der Waals surface area contributed by atoms with Gasteiger partial charge in [-0.1, -0.05) is 37.8 Å². The number of carbonyl (C=O) groups is 1. The van der Waals surface area contributed by atoms with Crippen molar-refractivity contribution in [1.29, 1.82) is 0 Å². The first kappa shape index (κ1) is 20.5. The number of hydrogen-bond donors (Lipinski definition) is 2. The Morgan fingerprint density at radius 3 is 2.66 bits per heavy atom. The Labute approximate surface area is 165 Å². The van der Waals surface area contributed by atoms with E-state index in [4.69, 9.17) is 0 Å². The highest BCUT2D eigenvalue weighted by Gasteiger charge is 2.59. The standard InChI is InChI=1S/C20H19F3N4O2/c1-13(2)4-3-8-19(20(21,22)23)15-6-5-14(10-16(15)25-18(29)26-19)11-27-12-24-9-7-17(27)28/h5-7,9-10,12-13H,4,11H2,1-2H3,(H2,25,26,29). The zero-order valence-electron chi connectivity index (χ0n) is 15.8. The van der Waals surface area contributed by atoms with Crippen molar-refractivity contribution >= 4 is 11.7 Å². The molecular weight excluding hydrogens is 385 g/mol. The van der Waals surface area contributed by atoms with E-state index in [0.29, 0.717) is 5.56 Å². The van der Waals surface area contributed by atoms with Crippen molar-refractivity contribution in [2.75, 3.05) is 5.32 Å². The number of nitrogens with one attached hydrogen (secondary N) is 2. The summed E-state index contributed by atoms with van der Waals surface area (Å²) in [7, 11) is 0. The van der Waals surface area contributed by atoms with Crippen LogP contribution < -0.4 is 16.2 Å². The van der Waals surface area contributed by atoms with Crippen LogP contribution in [0.3, 0.4) is 0 Å². The molecule has 29 heavy (non-hydrogen) atoms. The number of anilines is 1. The molecule has 3 rings (SSSR count). The highest BCUT2D eigenvalue weighted by Crippen LogP contribution is 2.44. The van der Waals surface area contributed by atoms with Gasteiger partial charge in [-0.3, -0.25) is 9.36 Å². The molecule has 0 bridgehead atoms. The molecule has 1 unspecified atom stereocenters. The fourth-order valence-corrected chi connectivity index (χ4v) is 2.99. The number of halogens is 3. The summed E-state index contributed by atoms with van der Waals surface area (Å²) < 4.78 is 43.5. The number of rotatable bonds is 3. The molecule has 0 aliphatic carbocycles. The van der Waals surface area contributed by atoms with Crippen molar-refractivity contribution in [3.05, 3.63) is 58.3 Å². The Kier molecular flexibility index (Phi) is 5.38. The number of alkyl halides is 3. The SMILES string of the molecule is CC(C)CC#CC1(C(F)(F)F)NC(=O)Nc2cc(Cn3cnccc3=O)ccc21. The molecule has 1 aliphatic rings. The largest absolute Gasteiger partial charge is 0.427 e. The van der Waals surface area contributed by atoms with Crippen molar-refractivity contribution in [1.82, 2.24) is 14.9 Å². The molecule has 2 heterocycles. The maximum atomic E-state index is 14.1. The molecule has 152 valence electrons. The fraction of sp³-hybridized carbons (Fsp3) is 0.350. The number of aromatic nitrogens is 2. The molecule has 1 aliphatic heterocycles. The summed E-state index contributed by atoms with van der Waals surface area (Å²) in [6.45, 7) is 3.79. The van der Waals surface area contributed by atoms with E-state index in [0.717, 1.165) is 0 Å². The van der Waals surface area contributed by atoms with Crippen LogP contribution in [-0.2, 0) is 12.1 Å². The van der Waals surface area contributed by atoms with E-state index in [1.807, 2.05) is 19.2 Å². The molecule has 1 aromatic heterocycles. The van der Waals surface area contributed by atoms with E-state index in [9.17, 15) is 22.8 Å². The molecule has 0 radical (unpaired) electrons. The normalized spacial score (nSPS) is 18.3. The van der Waals surface area contributed by atoms with E-state index in [1.54, 1.807) is 0 Å². The quantitative estimate of drug-likeness (QED) is 0.772. The predicted octanol–water partition coefficient (Wildman–Crippen LogP) is 3.23. The van der Waals surface area contributed by atoms with Gasteiger partial charge in [-0.15, -0.1) is 0 Å². The fourth-order valence-electron chi connectivity index (χ4n) is 2.99. The second kappa shape index (κ2) is 7.62. The van der Waals surface area contributed by atoms with Crippen molar-refractivity contribution in [3.63, 3.8) is 0 Å². The number of benzene rings is 1. The average molecular weight is 404 g/mol. The van der Waals surface area contributed by atoms with Gasteiger partial charge in [-0.25, -0.2) is 9.78 Å². The monoisotopic (exact) mass is 404 g/mol. The molecule has 0 fully saturated rings. The van der Waals surface area contributed by atoms with Crippen molar-refractivity contribution in [2.24, 2.45) is 5.92 Å². The maximum Gasteiger partial charge on any atom is 0.427 e. The molecule has 6 nitrogen and oxygen atoms in total. The first-order valence-electron chi connectivity index (χ1n) is 8.92. The van der Waals surface area contributed by atoms with E-state index in [2.05, 4.69) is 22.1 Å². The van der Waals surface area contributed by atoms with Gasteiger partial charge in [-0.2, -0.15) is 13.2 Å². The predicted molar refractivity (Wildman–Crippen MR) is 101 cm³/mol. The molecular formula is C20H19F3N4O2. The van der Waals surface area contributed by atoms with Crippen molar-refractivity contribution < 1.29 is 18.0 Å². The van der Waals surface area contributed by atoms with Crippen LogP contribution in [0.1, 0.15) is 31.4 Å².